The van der Waals surface area contributed by atoms with Gasteiger partial charge in [-0.3, -0.25) is 4.79 Å². The molecule has 1 atom stereocenters. The first kappa shape index (κ1) is 10.2. The number of nitrogens with two attached hydrogens (primary N) is 1. The van der Waals surface area contributed by atoms with Crippen molar-refractivity contribution in [3.63, 3.8) is 0 Å². The van der Waals surface area contributed by atoms with Crippen molar-refractivity contribution in [2.75, 3.05) is 11.9 Å². The minimum atomic E-state index is -1.21. The maximum atomic E-state index is 10.4. The van der Waals surface area contributed by atoms with Crippen LogP contribution in [0, 0.1) is 0 Å². The van der Waals surface area contributed by atoms with E-state index in [-0.39, 0.29) is 6.54 Å². The van der Waals surface area contributed by atoms with Crippen molar-refractivity contribution < 1.29 is 9.90 Å². The molecule has 0 saturated carbocycles. The Morgan fingerprint density at radius 3 is 3.08 bits per heavy atom. The molecule has 1 aromatic heterocycles. The monoisotopic (exact) mass is 221 g/mol. The third-order valence-electron chi connectivity index (χ3n) is 1.25. The lowest BCUT2D eigenvalue weighted by atomic mass is 10.3. The van der Waals surface area contributed by atoms with Gasteiger partial charge in [0.2, 0.25) is 5.91 Å². The van der Waals surface area contributed by atoms with Crippen molar-refractivity contribution in [1.29, 1.82) is 0 Å². The summed E-state index contributed by atoms with van der Waals surface area (Å²) < 4.78 is 0. The summed E-state index contributed by atoms with van der Waals surface area (Å²) in [6.07, 6.45) is -1.21. The summed E-state index contributed by atoms with van der Waals surface area (Å²) in [6, 6.07) is 0. The molecule has 0 aromatic carbocycles. The highest BCUT2D eigenvalue weighted by Crippen LogP contribution is 2.18. The number of primary amides is 1. The summed E-state index contributed by atoms with van der Waals surface area (Å²) in [6.45, 7) is 0.0408. The molecule has 1 rings (SSSR count). The lowest BCUT2D eigenvalue weighted by Gasteiger charge is -2.05. The van der Waals surface area contributed by atoms with Crippen LogP contribution in [-0.4, -0.2) is 28.6 Å². The molecule has 7 heteroatoms. The molecular weight excluding hydrogens is 214 g/mol. The van der Waals surface area contributed by atoms with Crippen molar-refractivity contribution in [1.82, 2.24) is 4.98 Å². The quantitative estimate of drug-likeness (QED) is 0.671. The molecule has 0 radical (unpaired) electrons. The van der Waals surface area contributed by atoms with Gasteiger partial charge in [-0.05, 0) is 0 Å². The topological polar surface area (TPSA) is 88.2 Å². The van der Waals surface area contributed by atoms with Crippen LogP contribution in [-0.2, 0) is 4.79 Å². The molecule has 0 fully saturated rings. The fraction of sp³-hybridized carbons (Fsp3) is 0.333. The third kappa shape index (κ3) is 3.17. The number of amides is 1. The summed E-state index contributed by atoms with van der Waals surface area (Å²) in [4.78, 5) is 14.3. The van der Waals surface area contributed by atoms with Gasteiger partial charge in [-0.1, -0.05) is 11.6 Å². The Morgan fingerprint density at radius 2 is 2.62 bits per heavy atom. The number of aromatic nitrogens is 1. The van der Waals surface area contributed by atoms with E-state index in [1.807, 2.05) is 0 Å². The van der Waals surface area contributed by atoms with Crippen molar-refractivity contribution in [3.8, 4) is 0 Å². The molecule has 0 saturated heterocycles. The highest BCUT2D eigenvalue weighted by Gasteiger charge is 2.10. The smallest absolute Gasteiger partial charge is 0.248 e. The van der Waals surface area contributed by atoms with Crippen LogP contribution in [0.2, 0.25) is 5.15 Å². The van der Waals surface area contributed by atoms with Crippen molar-refractivity contribution in [3.05, 3.63) is 10.5 Å². The molecule has 0 aliphatic heterocycles. The number of nitrogens with zero attached hydrogens (tertiary/aromatic N) is 1. The average molecular weight is 222 g/mol. The normalized spacial score (nSPS) is 12.5. The van der Waals surface area contributed by atoms with E-state index in [0.717, 1.165) is 0 Å². The fourth-order valence-electron chi connectivity index (χ4n) is 0.620. The van der Waals surface area contributed by atoms with E-state index in [2.05, 4.69) is 10.3 Å². The largest absolute Gasteiger partial charge is 0.381 e. The molecule has 1 amide bonds. The third-order valence-corrected chi connectivity index (χ3v) is 2.37. The Labute approximate surface area is 83.5 Å². The summed E-state index contributed by atoms with van der Waals surface area (Å²) in [5.74, 6) is -0.768. The van der Waals surface area contributed by atoms with E-state index < -0.39 is 12.0 Å². The maximum Gasteiger partial charge on any atom is 0.248 e. The first-order chi connectivity index (χ1) is 6.09. The molecule has 13 heavy (non-hydrogen) atoms. The zero-order valence-corrected chi connectivity index (χ0v) is 8.10. The van der Waals surface area contributed by atoms with E-state index in [0.29, 0.717) is 10.3 Å². The molecule has 5 nitrogen and oxygen atoms in total. The van der Waals surface area contributed by atoms with E-state index >= 15 is 0 Å². The van der Waals surface area contributed by atoms with E-state index in [4.69, 9.17) is 22.4 Å². The number of anilines is 1. The van der Waals surface area contributed by atoms with Gasteiger partial charge in [-0.15, -0.1) is 11.3 Å². The number of nitrogens with one attached hydrogen (secondary N) is 1. The number of halogens is 1. The minimum Gasteiger partial charge on any atom is -0.381 e. The van der Waals surface area contributed by atoms with Gasteiger partial charge in [0.25, 0.3) is 0 Å². The highest BCUT2D eigenvalue weighted by molar-refractivity contribution is 7.14. The Bertz CT molecular complexity index is 304. The molecular formula is C6H8ClN3O2S. The van der Waals surface area contributed by atoms with Gasteiger partial charge in [0.05, 0.1) is 6.54 Å². The second kappa shape index (κ2) is 4.40. The second-order valence-electron chi connectivity index (χ2n) is 2.27. The second-order valence-corrected chi connectivity index (χ2v) is 3.52. The van der Waals surface area contributed by atoms with E-state index in [9.17, 15) is 4.79 Å². The molecule has 1 unspecified atom stereocenters. The van der Waals surface area contributed by atoms with Crippen LogP contribution in [0.25, 0.3) is 0 Å². The number of aliphatic hydroxyl groups is 1. The number of rotatable bonds is 4. The summed E-state index contributed by atoms with van der Waals surface area (Å²) >= 11 is 6.83. The fourth-order valence-corrected chi connectivity index (χ4v) is 1.47. The Balaban J connectivity index is 2.39. The summed E-state index contributed by atoms with van der Waals surface area (Å²) in [7, 11) is 0. The van der Waals surface area contributed by atoms with Crippen LogP contribution in [0.15, 0.2) is 5.38 Å². The zero-order chi connectivity index (χ0) is 9.84. The predicted octanol–water partition coefficient (Wildman–Crippen LogP) is 0.0546. The lowest BCUT2D eigenvalue weighted by molar-refractivity contribution is -0.125. The molecule has 4 N–H and O–H groups in total. The Morgan fingerprint density at radius 1 is 1.92 bits per heavy atom. The predicted molar refractivity (Wildman–Crippen MR) is 50.8 cm³/mol. The number of thiazole rings is 1. The van der Waals surface area contributed by atoms with Crippen LogP contribution < -0.4 is 11.1 Å². The molecule has 1 aromatic rings. The first-order valence-corrected chi connectivity index (χ1v) is 4.67. The molecule has 0 spiro atoms. The van der Waals surface area contributed by atoms with Gasteiger partial charge in [0.15, 0.2) is 5.13 Å². The van der Waals surface area contributed by atoms with Crippen LogP contribution in [0.3, 0.4) is 0 Å². The minimum absolute atomic E-state index is 0.0408. The standard InChI is InChI=1S/C6H8ClN3O2S/c7-4-2-13-6(10-4)9-1-3(11)5(8)12/h2-3,11H,1H2,(H2,8,12)(H,9,10). The number of hydrogen-bond acceptors (Lipinski definition) is 5. The highest BCUT2D eigenvalue weighted by atomic mass is 35.5. The van der Waals surface area contributed by atoms with Crippen LogP contribution >= 0.6 is 22.9 Å². The van der Waals surface area contributed by atoms with Gasteiger partial charge in [0, 0.05) is 5.38 Å². The van der Waals surface area contributed by atoms with Crippen LogP contribution in [0.1, 0.15) is 0 Å². The molecule has 0 aliphatic rings. The van der Waals surface area contributed by atoms with Crippen molar-refractivity contribution >= 4 is 34.0 Å². The molecule has 0 aliphatic carbocycles. The summed E-state index contributed by atoms with van der Waals surface area (Å²) in [5, 5.41) is 14.3. The van der Waals surface area contributed by atoms with E-state index in [1.165, 1.54) is 11.3 Å². The molecule has 1 heterocycles. The average Bonchev–Trinajstić information content (AvgIpc) is 2.47. The summed E-state index contributed by atoms with van der Waals surface area (Å²) in [5.41, 5.74) is 4.83. The number of carbonyl (C=O) groups excluding carboxylic acids is 1. The van der Waals surface area contributed by atoms with Crippen molar-refractivity contribution in [2.24, 2.45) is 5.73 Å². The number of carbonyl (C=O) groups is 1. The van der Waals surface area contributed by atoms with Crippen LogP contribution in [0.5, 0.6) is 0 Å². The zero-order valence-electron chi connectivity index (χ0n) is 6.53. The molecule has 0 bridgehead atoms. The number of aliphatic hydroxyl groups excluding tert-OH is 1. The Hall–Kier alpha value is -0.850. The van der Waals surface area contributed by atoms with Gasteiger partial charge < -0.3 is 16.2 Å². The maximum absolute atomic E-state index is 10.4. The van der Waals surface area contributed by atoms with Gasteiger partial charge >= 0.3 is 0 Å². The van der Waals surface area contributed by atoms with Crippen LogP contribution in [0.4, 0.5) is 5.13 Å². The van der Waals surface area contributed by atoms with Gasteiger partial charge in [-0.25, -0.2) is 4.98 Å². The molecule has 72 valence electrons. The van der Waals surface area contributed by atoms with E-state index in [1.54, 1.807) is 5.38 Å². The van der Waals surface area contributed by atoms with Gasteiger partial charge in [0.1, 0.15) is 11.3 Å². The number of hydrogen-bond donors (Lipinski definition) is 3. The lowest BCUT2D eigenvalue weighted by Crippen LogP contribution is -2.34. The van der Waals surface area contributed by atoms with Gasteiger partial charge in [-0.2, -0.15) is 0 Å². The SMILES string of the molecule is NC(=O)C(O)CNc1nc(Cl)cs1. The van der Waals surface area contributed by atoms with Crippen molar-refractivity contribution in [2.45, 2.75) is 6.10 Å². The Kier molecular flexibility index (Phi) is 3.47. The first-order valence-electron chi connectivity index (χ1n) is 3.42.